The molecule has 1 aromatic rings. The summed E-state index contributed by atoms with van der Waals surface area (Å²) in [7, 11) is 0. The second-order valence-electron chi connectivity index (χ2n) is 2.94. The molecule has 0 aromatic carbocycles. The van der Waals surface area contributed by atoms with Crippen molar-refractivity contribution in [2.45, 2.75) is 6.42 Å². The van der Waals surface area contributed by atoms with Crippen molar-refractivity contribution >= 4 is 11.5 Å². The van der Waals surface area contributed by atoms with E-state index in [9.17, 15) is 10.1 Å². The molecule has 0 saturated carbocycles. The van der Waals surface area contributed by atoms with Gasteiger partial charge in [0.25, 0.3) is 0 Å². The van der Waals surface area contributed by atoms with Crippen LogP contribution < -0.4 is 4.90 Å². The van der Waals surface area contributed by atoms with Crippen LogP contribution >= 0.6 is 0 Å². The summed E-state index contributed by atoms with van der Waals surface area (Å²) < 4.78 is 0. The molecule has 1 saturated heterocycles. The second kappa shape index (κ2) is 3.01. The Morgan fingerprint density at radius 1 is 1.54 bits per heavy atom. The molecule has 0 spiro atoms. The number of hydrogen-bond donors (Lipinski definition) is 0. The summed E-state index contributed by atoms with van der Waals surface area (Å²) in [5, 5.41) is 10.6. The van der Waals surface area contributed by atoms with E-state index in [2.05, 4.69) is 4.98 Å². The van der Waals surface area contributed by atoms with E-state index in [4.69, 9.17) is 0 Å². The highest BCUT2D eigenvalue weighted by Gasteiger charge is 2.23. The van der Waals surface area contributed by atoms with Gasteiger partial charge in [-0.1, -0.05) is 0 Å². The summed E-state index contributed by atoms with van der Waals surface area (Å²) in [5.41, 5.74) is 0.638. The van der Waals surface area contributed by atoms with Crippen molar-refractivity contribution in [1.82, 2.24) is 4.98 Å². The maximum atomic E-state index is 10.6. The van der Waals surface area contributed by atoms with E-state index in [1.807, 2.05) is 4.90 Å². The molecule has 1 aromatic heterocycles. The summed E-state index contributed by atoms with van der Waals surface area (Å²) in [4.78, 5) is 15.8. The number of rotatable bonds is 2. The topological polar surface area (TPSA) is 59.3 Å². The maximum absolute atomic E-state index is 10.6. The van der Waals surface area contributed by atoms with Gasteiger partial charge >= 0.3 is 5.82 Å². The normalized spacial score (nSPS) is 15.2. The van der Waals surface area contributed by atoms with Crippen molar-refractivity contribution in [3.8, 4) is 0 Å². The number of nitrogens with zero attached hydrogens (tertiary/aromatic N) is 3. The Kier molecular flexibility index (Phi) is 1.84. The fourth-order valence-corrected chi connectivity index (χ4v) is 1.33. The molecule has 5 heteroatoms. The van der Waals surface area contributed by atoms with Crippen molar-refractivity contribution in [2.75, 3.05) is 18.0 Å². The molecule has 2 rings (SSSR count). The molecular weight excluding hydrogens is 170 g/mol. The van der Waals surface area contributed by atoms with Crippen LogP contribution in [0, 0.1) is 10.1 Å². The molecule has 1 aliphatic heterocycles. The molecule has 0 unspecified atom stereocenters. The molecule has 0 amide bonds. The van der Waals surface area contributed by atoms with E-state index in [0.29, 0.717) is 5.69 Å². The first kappa shape index (κ1) is 7.97. The van der Waals surface area contributed by atoms with Crippen LogP contribution in [0.2, 0.25) is 0 Å². The first-order valence-corrected chi connectivity index (χ1v) is 4.13. The third kappa shape index (κ3) is 1.32. The molecular formula is C8H9N3O2. The summed E-state index contributed by atoms with van der Waals surface area (Å²) in [6, 6.07) is 3.46. The van der Waals surface area contributed by atoms with E-state index in [1.54, 1.807) is 12.1 Å². The lowest BCUT2D eigenvalue weighted by atomic mass is 10.2. The van der Waals surface area contributed by atoms with Crippen LogP contribution in [-0.2, 0) is 0 Å². The minimum absolute atomic E-state index is 0.0396. The lowest BCUT2D eigenvalue weighted by Crippen LogP contribution is -2.37. The Hall–Kier alpha value is -1.65. The number of nitro groups is 1. The first-order chi connectivity index (χ1) is 6.29. The van der Waals surface area contributed by atoms with Crippen molar-refractivity contribution in [1.29, 1.82) is 0 Å². The van der Waals surface area contributed by atoms with E-state index in [1.165, 1.54) is 6.20 Å². The molecule has 1 aliphatic rings. The summed E-state index contributed by atoms with van der Waals surface area (Å²) in [5.74, 6) is -0.0396. The predicted molar refractivity (Wildman–Crippen MR) is 47.7 cm³/mol. The fraction of sp³-hybridized carbons (Fsp3) is 0.375. The van der Waals surface area contributed by atoms with Gasteiger partial charge in [0.05, 0.1) is 0 Å². The number of pyridine rings is 1. The van der Waals surface area contributed by atoms with Gasteiger partial charge in [-0.05, 0) is 28.5 Å². The second-order valence-corrected chi connectivity index (χ2v) is 2.94. The lowest BCUT2D eigenvalue weighted by molar-refractivity contribution is -0.388. The summed E-state index contributed by atoms with van der Waals surface area (Å²) in [6.07, 6.45) is 2.55. The highest BCUT2D eigenvalue weighted by atomic mass is 16.6. The largest absolute Gasteiger partial charge is 0.387 e. The molecule has 0 N–H and O–H groups in total. The van der Waals surface area contributed by atoms with Gasteiger partial charge < -0.3 is 15.0 Å². The zero-order valence-electron chi connectivity index (χ0n) is 7.01. The van der Waals surface area contributed by atoms with Gasteiger partial charge in [-0.2, -0.15) is 0 Å². The Bertz CT molecular complexity index is 336. The van der Waals surface area contributed by atoms with E-state index in [-0.39, 0.29) is 5.82 Å². The fourth-order valence-electron chi connectivity index (χ4n) is 1.33. The Labute approximate surface area is 75.2 Å². The van der Waals surface area contributed by atoms with E-state index < -0.39 is 4.92 Å². The predicted octanol–water partition coefficient (Wildman–Crippen LogP) is 1.20. The highest BCUT2D eigenvalue weighted by molar-refractivity contribution is 5.60. The molecule has 0 atom stereocenters. The smallest absolute Gasteiger partial charge is 0.365 e. The van der Waals surface area contributed by atoms with Crippen LogP contribution in [0.25, 0.3) is 0 Å². The van der Waals surface area contributed by atoms with Gasteiger partial charge in [-0.15, -0.1) is 0 Å². The SMILES string of the molecule is O=[N+]([O-])c1ncccc1N1CCC1. The van der Waals surface area contributed by atoms with Crippen molar-refractivity contribution < 1.29 is 4.92 Å². The summed E-state index contributed by atoms with van der Waals surface area (Å²) >= 11 is 0. The average molecular weight is 179 g/mol. The zero-order valence-corrected chi connectivity index (χ0v) is 7.01. The van der Waals surface area contributed by atoms with E-state index in [0.717, 1.165) is 19.5 Å². The highest BCUT2D eigenvalue weighted by Crippen LogP contribution is 2.28. The Morgan fingerprint density at radius 3 is 2.85 bits per heavy atom. The molecule has 13 heavy (non-hydrogen) atoms. The minimum atomic E-state index is -0.437. The first-order valence-electron chi connectivity index (χ1n) is 4.13. The molecule has 0 bridgehead atoms. The van der Waals surface area contributed by atoms with Crippen molar-refractivity contribution in [3.05, 3.63) is 28.4 Å². The van der Waals surface area contributed by atoms with Crippen molar-refractivity contribution in [2.24, 2.45) is 0 Å². The third-order valence-electron chi connectivity index (χ3n) is 2.14. The molecule has 5 nitrogen and oxygen atoms in total. The monoisotopic (exact) mass is 179 g/mol. The van der Waals surface area contributed by atoms with Gasteiger partial charge in [0.1, 0.15) is 11.9 Å². The number of aromatic nitrogens is 1. The third-order valence-corrected chi connectivity index (χ3v) is 2.14. The Morgan fingerprint density at radius 2 is 2.31 bits per heavy atom. The van der Waals surface area contributed by atoms with Gasteiger partial charge in [0, 0.05) is 13.1 Å². The quantitative estimate of drug-likeness (QED) is 0.505. The van der Waals surface area contributed by atoms with E-state index >= 15 is 0 Å². The molecule has 0 aliphatic carbocycles. The molecule has 1 fully saturated rings. The molecule has 2 heterocycles. The molecule has 0 radical (unpaired) electrons. The van der Waals surface area contributed by atoms with Crippen molar-refractivity contribution in [3.63, 3.8) is 0 Å². The minimum Gasteiger partial charge on any atom is -0.365 e. The standard InChI is InChI=1S/C8H9N3O2/c12-11(13)8-7(3-1-4-9-8)10-5-2-6-10/h1,3-4H,2,5-6H2. The van der Waals surface area contributed by atoms with Crippen LogP contribution in [0.3, 0.4) is 0 Å². The van der Waals surface area contributed by atoms with Crippen LogP contribution in [0.1, 0.15) is 6.42 Å². The van der Waals surface area contributed by atoms with Crippen LogP contribution in [0.15, 0.2) is 18.3 Å². The van der Waals surface area contributed by atoms with Gasteiger partial charge in [0.15, 0.2) is 0 Å². The van der Waals surface area contributed by atoms with Gasteiger partial charge in [0.2, 0.25) is 0 Å². The zero-order chi connectivity index (χ0) is 9.26. The lowest BCUT2D eigenvalue weighted by Gasteiger charge is -2.31. The van der Waals surface area contributed by atoms with Gasteiger partial charge in [-0.3, -0.25) is 0 Å². The average Bonchev–Trinajstić information content (AvgIpc) is 2.02. The summed E-state index contributed by atoms with van der Waals surface area (Å²) in [6.45, 7) is 1.79. The Balaban J connectivity index is 2.36. The number of hydrogen-bond acceptors (Lipinski definition) is 4. The number of anilines is 1. The van der Waals surface area contributed by atoms with Crippen LogP contribution in [0.5, 0.6) is 0 Å². The molecule has 68 valence electrons. The van der Waals surface area contributed by atoms with Gasteiger partial charge in [-0.25, -0.2) is 0 Å². The maximum Gasteiger partial charge on any atom is 0.387 e. The van der Waals surface area contributed by atoms with Crippen LogP contribution in [0.4, 0.5) is 11.5 Å². The van der Waals surface area contributed by atoms with Crippen LogP contribution in [-0.4, -0.2) is 23.0 Å².